The van der Waals surface area contributed by atoms with Crippen molar-refractivity contribution in [3.8, 4) is 5.75 Å². The Morgan fingerprint density at radius 2 is 2.30 bits per heavy atom. The fourth-order valence-electron chi connectivity index (χ4n) is 1.56. The molecule has 1 heterocycles. The third-order valence-electron chi connectivity index (χ3n) is 2.51. The van der Waals surface area contributed by atoms with Crippen LogP contribution in [0.1, 0.15) is 35.4 Å². The minimum Gasteiger partial charge on any atom is -0.481 e. The molecule has 7 heteroatoms. The van der Waals surface area contributed by atoms with Gasteiger partial charge in [-0.15, -0.1) is 0 Å². The second-order valence-electron chi connectivity index (χ2n) is 4.09. The van der Waals surface area contributed by atoms with Gasteiger partial charge in [0.25, 0.3) is 5.89 Å². The number of ether oxygens (including phenoxy) is 1. The topological polar surface area (TPSA) is 85.5 Å². The Bertz CT molecular complexity index is 612. The first kappa shape index (κ1) is 14.0. The van der Waals surface area contributed by atoms with E-state index in [1.807, 2.05) is 6.92 Å². The number of nitrogens with zero attached hydrogens (tertiary/aromatic N) is 2. The van der Waals surface area contributed by atoms with Crippen molar-refractivity contribution in [3.63, 3.8) is 0 Å². The van der Waals surface area contributed by atoms with E-state index in [1.165, 1.54) is 12.1 Å². The van der Waals surface area contributed by atoms with E-state index in [0.29, 0.717) is 12.2 Å². The summed E-state index contributed by atoms with van der Waals surface area (Å²) < 4.78 is 23.7. The molecule has 0 amide bonds. The lowest BCUT2D eigenvalue weighted by molar-refractivity contribution is 0.0696. The third-order valence-corrected chi connectivity index (χ3v) is 2.51. The number of aryl methyl sites for hydroxylation is 1. The van der Waals surface area contributed by atoms with Crippen LogP contribution < -0.4 is 4.74 Å². The van der Waals surface area contributed by atoms with E-state index < -0.39 is 11.8 Å². The van der Waals surface area contributed by atoms with Crippen molar-refractivity contribution in [2.45, 2.75) is 26.4 Å². The van der Waals surface area contributed by atoms with E-state index in [2.05, 4.69) is 10.1 Å². The predicted molar refractivity (Wildman–Crippen MR) is 66.0 cm³/mol. The summed E-state index contributed by atoms with van der Waals surface area (Å²) in [5.74, 6) is -1.19. The number of hydrogen-bond donors (Lipinski definition) is 1. The number of carbonyl (C=O) groups is 1. The summed E-state index contributed by atoms with van der Waals surface area (Å²) in [6, 6.07) is 3.41. The molecule has 0 unspecified atom stereocenters. The lowest BCUT2D eigenvalue weighted by atomic mass is 10.2. The average Bonchev–Trinajstić information content (AvgIpc) is 2.85. The van der Waals surface area contributed by atoms with E-state index in [0.717, 1.165) is 12.5 Å². The van der Waals surface area contributed by atoms with Crippen molar-refractivity contribution < 1.29 is 23.6 Å². The second kappa shape index (κ2) is 6.14. The molecule has 1 aromatic heterocycles. The van der Waals surface area contributed by atoms with E-state index in [1.54, 1.807) is 0 Å². The molecule has 0 aliphatic carbocycles. The molecule has 0 spiro atoms. The zero-order valence-electron chi connectivity index (χ0n) is 10.8. The van der Waals surface area contributed by atoms with Crippen LogP contribution in [-0.2, 0) is 13.0 Å². The molecule has 0 atom stereocenters. The molecule has 106 valence electrons. The van der Waals surface area contributed by atoms with Gasteiger partial charge >= 0.3 is 5.97 Å². The van der Waals surface area contributed by atoms with Crippen molar-refractivity contribution in [3.05, 3.63) is 41.3 Å². The number of halogens is 1. The quantitative estimate of drug-likeness (QED) is 0.874. The highest BCUT2D eigenvalue weighted by Gasteiger charge is 2.11. The van der Waals surface area contributed by atoms with E-state index >= 15 is 0 Å². The summed E-state index contributed by atoms with van der Waals surface area (Å²) in [6.45, 7) is 1.92. The highest BCUT2D eigenvalue weighted by Crippen LogP contribution is 2.19. The fraction of sp³-hybridized carbons (Fsp3) is 0.308. The Hall–Kier alpha value is -2.44. The highest BCUT2D eigenvalue weighted by atomic mass is 19.1. The van der Waals surface area contributed by atoms with Gasteiger partial charge in [0.1, 0.15) is 0 Å². The maximum atomic E-state index is 13.6. The number of rotatable bonds is 6. The Labute approximate surface area is 114 Å². The minimum atomic E-state index is -1.20. The van der Waals surface area contributed by atoms with Crippen LogP contribution in [0.15, 0.2) is 22.7 Å². The van der Waals surface area contributed by atoms with Gasteiger partial charge in [-0.05, 0) is 24.6 Å². The van der Waals surface area contributed by atoms with Crippen LogP contribution in [-0.4, -0.2) is 21.2 Å². The zero-order valence-corrected chi connectivity index (χ0v) is 10.8. The maximum Gasteiger partial charge on any atom is 0.335 e. The second-order valence-corrected chi connectivity index (χ2v) is 4.09. The normalized spacial score (nSPS) is 10.5. The average molecular weight is 280 g/mol. The SMILES string of the molecule is CCCc1noc(COc2ccc(C(=O)O)cc2F)n1. The Morgan fingerprint density at radius 1 is 1.50 bits per heavy atom. The van der Waals surface area contributed by atoms with Crippen LogP contribution in [0.25, 0.3) is 0 Å². The summed E-state index contributed by atoms with van der Waals surface area (Å²) in [4.78, 5) is 14.7. The third kappa shape index (κ3) is 3.31. The lowest BCUT2D eigenvalue weighted by Gasteiger charge is -2.05. The van der Waals surface area contributed by atoms with E-state index in [-0.39, 0.29) is 23.8 Å². The largest absolute Gasteiger partial charge is 0.481 e. The van der Waals surface area contributed by atoms with Crippen molar-refractivity contribution in [1.29, 1.82) is 0 Å². The number of aromatic carboxylic acids is 1. The first-order valence-corrected chi connectivity index (χ1v) is 6.07. The molecule has 6 nitrogen and oxygen atoms in total. The van der Waals surface area contributed by atoms with Gasteiger partial charge in [0.05, 0.1) is 5.56 Å². The first-order valence-electron chi connectivity index (χ1n) is 6.07. The molecule has 2 rings (SSSR count). The van der Waals surface area contributed by atoms with Gasteiger partial charge in [0.15, 0.2) is 24.0 Å². The van der Waals surface area contributed by atoms with Crippen LogP contribution in [0.5, 0.6) is 5.75 Å². The molecule has 0 saturated carbocycles. The van der Waals surface area contributed by atoms with Crippen LogP contribution >= 0.6 is 0 Å². The number of carboxylic acid groups (broad SMARTS) is 1. The van der Waals surface area contributed by atoms with Gasteiger partial charge in [-0.25, -0.2) is 9.18 Å². The van der Waals surface area contributed by atoms with Crippen molar-refractivity contribution in [2.24, 2.45) is 0 Å². The molecule has 0 radical (unpaired) electrons. The number of hydrogen-bond acceptors (Lipinski definition) is 5. The molecule has 0 aliphatic rings. The zero-order chi connectivity index (χ0) is 14.5. The molecular weight excluding hydrogens is 267 g/mol. The number of aromatic nitrogens is 2. The van der Waals surface area contributed by atoms with E-state index in [4.69, 9.17) is 14.4 Å². The van der Waals surface area contributed by atoms with Gasteiger partial charge in [0.2, 0.25) is 0 Å². The highest BCUT2D eigenvalue weighted by molar-refractivity contribution is 5.87. The number of benzene rings is 1. The van der Waals surface area contributed by atoms with E-state index in [9.17, 15) is 9.18 Å². The van der Waals surface area contributed by atoms with Gasteiger partial charge < -0.3 is 14.4 Å². The van der Waals surface area contributed by atoms with Gasteiger partial charge in [-0.3, -0.25) is 0 Å². The molecule has 0 bridgehead atoms. The molecule has 0 aliphatic heterocycles. The molecule has 1 aromatic carbocycles. The van der Waals surface area contributed by atoms with Gasteiger partial charge in [0, 0.05) is 6.42 Å². The van der Waals surface area contributed by atoms with Gasteiger partial charge in [-0.1, -0.05) is 12.1 Å². The lowest BCUT2D eigenvalue weighted by Crippen LogP contribution is -2.01. The molecule has 1 N–H and O–H groups in total. The molecule has 20 heavy (non-hydrogen) atoms. The standard InChI is InChI=1S/C13H13FN2O4/c1-2-3-11-15-12(20-16-11)7-19-10-5-4-8(13(17)18)6-9(10)14/h4-6H,2-3,7H2,1H3,(H,17,18). The van der Waals surface area contributed by atoms with Crippen LogP contribution in [0.2, 0.25) is 0 Å². The van der Waals surface area contributed by atoms with Crippen LogP contribution in [0.3, 0.4) is 0 Å². The van der Waals surface area contributed by atoms with Crippen LogP contribution in [0, 0.1) is 5.82 Å². The number of carboxylic acids is 1. The summed E-state index contributed by atoms with van der Waals surface area (Å²) >= 11 is 0. The molecule has 0 saturated heterocycles. The minimum absolute atomic E-state index is 0.0646. The first-order chi connectivity index (χ1) is 9.60. The molecule has 0 fully saturated rings. The van der Waals surface area contributed by atoms with Crippen LogP contribution in [0.4, 0.5) is 4.39 Å². The predicted octanol–water partition coefficient (Wildman–Crippen LogP) is 2.44. The monoisotopic (exact) mass is 280 g/mol. The maximum absolute atomic E-state index is 13.6. The molecular formula is C13H13FN2O4. The summed E-state index contributed by atoms with van der Waals surface area (Å²) in [5, 5.41) is 12.5. The van der Waals surface area contributed by atoms with Crippen molar-refractivity contribution in [1.82, 2.24) is 10.1 Å². The smallest absolute Gasteiger partial charge is 0.335 e. The Kier molecular flexibility index (Phi) is 4.29. The Balaban J connectivity index is 2.01. The fourth-order valence-corrected chi connectivity index (χ4v) is 1.56. The van der Waals surface area contributed by atoms with Crippen molar-refractivity contribution in [2.75, 3.05) is 0 Å². The summed E-state index contributed by atoms with van der Waals surface area (Å²) in [6.07, 6.45) is 1.59. The van der Waals surface area contributed by atoms with Crippen molar-refractivity contribution >= 4 is 5.97 Å². The Morgan fingerprint density at radius 3 is 2.95 bits per heavy atom. The summed E-state index contributed by atoms with van der Waals surface area (Å²) in [7, 11) is 0. The molecule has 2 aromatic rings. The van der Waals surface area contributed by atoms with Gasteiger partial charge in [-0.2, -0.15) is 4.98 Å². The summed E-state index contributed by atoms with van der Waals surface area (Å²) in [5.41, 5.74) is -0.141.